The summed E-state index contributed by atoms with van der Waals surface area (Å²) in [6.07, 6.45) is 2.35. The highest BCUT2D eigenvalue weighted by molar-refractivity contribution is 6.05. The van der Waals surface area contributed by atoms with Gasteiger partial charge in [-0.2, -0.15) is 0 Å². The van der Waals surface area contributed by atoms with Crippen LogP contribution < -0.4 is 4.90 Å². The summed E-state index contributed by atoms with van der Waals surface area (Å²) in [7, 11) is 2.48. The maximum absolute atomic E-state index is 13.0. The van der Waals surface area contributed by atoms with Gasteiger partial charge in [0.2, 0.25) is 0 Å². The van der Waals surface area contributed by atoms with Gasteiger partial charge in [0.1, 0.15) is 12.4 Å². The molecule has 1 amide bonds. The number of carbonyl (C=O) groups excluding carboxylic acids is 3. The van der Waals surface area contributed by atoms with Crippen molar-refractivity contribution in [2.24, 2.45) is 0 Å². The molecule has 4 rings (SSSR count). The number of pyridine rings is 1. The van der Waals surface area contributed by atoms with E-state index in [0.717, 1.165) is 11.3 Å². The van der Waals surface area contributed by atoms with Crippen LogP contribution >= 0.6 is 0 Å². The minimum absolute atomic E-state index is 0.0313. The van der Waals surface area contributed by atoms with Crippen molar-refractivity contribution in [3.63, 3.8) is 0 Å². The van der Waals surface area contributed by atoms with Crippen molar-refractivity contribution in [2.75, 3.05) is 39.0 Å². The van der Waals surface area contributed by atoms with Gasteiger partial charge in [-0.05, 0) is 24.3 Å². The Balaban J connectivity index is 1.66. The number of methoxy groups -OCH3 is 2. The molecule has 0 N–H and O–H groups in total. The van der Waals surface area contributed by atoms with E-state index in [2.05, 4.69) is 4.98 Å². The zero-order valence-corrected chi connectivity index (χ0v) is 17.9. The predicted molar refractivity (Wildman–Crippen MR) is 113 cm³/mol. The van der Waals surface area contributed by atoms with E-state index in [1.165, 1.54) is 14.2 Å². The Morgan fingerprint density at radius 1 is 1.09 bits per heavy atom. The van der Waals surface area contributed by atoms with Crippen molar-refractivity contribution < 1.29 is 28.6 Å². The molecule has 0 fully saturated rings. The summed E-state index contributed by atoms with van der Waals surface area (Å²) in [5, 5.41) is 0. The molecule has 32 heavy (non-hydrogen) atoms. The summed E-state index contributed by atoms with van der Waals surface area (Å²) in [4.78, 5) is 45.5. The van der Waals surface area contributed by atoms with Crippen molar-refractivity contribution in [3.8, 4) is 0 Å². The van der Waals surface area contributed by atoms with E-state index in [-0.39, 0.29) is 30.5 Å². The van der Waals surface area contributed by atoms with Crippen molar-refractivity contribution in [3.05, 3.63) is 70.7 Å². The molecule has 2 aromatic rings. The number of nitrogens with zero attached hydrogens (tertiary/aromatic N) is 3. The van der Waals surface area contributed by atoms with Crippen molar-refractivity contribution in [2.45, 2.75) is 13.0 Å². The Labute approximate surface area is 185 Å². The first kappa shape index (κ1) is 21.5. The highest BCUT2D eigenvalue weighted by atomic mass is 16.5. The smallest absolute Gasteiger partial charge is 0.355 e. The van der Waals surface area contributed by atoms with Gasteiger partial charge < -0.3 is 24.0 Å². The number of aromatic nitrogens is 1. The molecule has 1 aromatic carbocycles. The first-order valence-electron chi connectivity index (χ1n) is 10.1. The maximum atomic E-state index is 13.0. The van der Waals surface area contributed by atoms with Crippen molar-refractivity contribution in [1.29, 1.82) is 0 Å². The lowest BCUT2D eigenvalue weighted by molar-refractivity contribution is -0.140. The number of benzene rings is 1. The quantitative estimate of drug-likeness (QED) is 0.630. The summed E-state index contributed by atoms with van der Waals surface area (Å²) < 4.78 is 15.3. The number of hydrogen-bond acceptors (Lipinski definition) is 8. The molecule has 0 atom stereocenters. The molecule has 0 saturated heterocycles. The Morgan fingerprint density at radius 3 is 2.62 bits per heavy atom. The van der Waals surface area contributed by atoms with Gasteiger partial charge in [-0.15, -0.1) is 0 Å². The number of amides is 1. The van der Waals surface area contributed by atoms with Crippen molar-refractivity contribution >= 4 is 23.5 Å². The molecule has 2 aliphatic heterocycles. The van der Waals surface area contributed by atoms with Crippen molar-refractivity contribution in [1.82, 2.24) is 9.88 Å². The second kappa shape index (κ2) is 9.19. The predicted octanol–water partition coefficient (Wildman–Crippen LogP) is 1.67. The van der Waals surface area contributed by atoms with E-state index in [0.29, 0.717) is 30.8 Å². The Morgan fingerprint density at radius 2 is 1.91 bits per heavy atom. The van der Waals surface area contributed by atoms with Crippen LogP contribution in [0, 0.1) is 0 Å². The molecular weight excluding hydrogens is 414 g/mol. The fraction of sp³-hybridized carbons (Fsp3) is 0.304. The number of ether oxygens (including phenoxy) is 3. The molecule has 0 unspecified atom stereocenters. The highest BCUT2D eigenvalue weighted by Crippen LogP contribution is 2.35. The zero-order valence-electron chi connectivity index (χ0n) is 17.9. The monoisotopic (exact) mass is 437 g/mol. The van der Waals surface area contributed by atoms with Crippen LogP contribution in [0.5, 0.6) is 0 Å². The van der Waals surface area contributed by atoms with Crippen LogP contribution in [0.3, 0.4) is 0 Å². The van der Waals surface area contributed by atoms with Gasteiger partial charge in [0, 0.05) is 48.2 Å². The van der Waals surface area contributed by atoms with Gasteiger partial charge in [0.25, 0.3) is 5.91 Å². The molecule has 1 aromatic heterocycles. The Bertz CT molecular complexity index is 1080. The van der Waals surface area contributed by atoms with Crippen LogP contribution in [-0.4, -0.2) is 61.8 Å². The normalized spacial score (nSPS) is 15.6. The third kappa shape index (κ3) is 3.94. The minimum Gasteiger partial charge on any atom is -0.466 e. The Hall–Kier alpha value is -3.72. The van der Waals surface area contributed by atoms with E-state index < -0.39 is 11.9 Å². The van der Waals surface area contributed by atoms with Crippen LogP contribution in [0.1, 0.15) is 21.6 Å². The number of anilines is 1. The lowest BCUT2D eigenvalue weighted by Crippen LogP contribution is -2.39. The van der Waals surface area contributed by atoms with Crippen LogP contribution in [0.15, 0.2) is 53.9 Å². The van der Waals surface area contributed by atoms with E-state index in [1.807, 2.05) is 18.2 Å². The van der Waals surface area contributed by atoms with E-state index in [1.54, 1.807) is 34.2 Å². The third-order valence-electron chi connectivity index (χ3n) is 5.51. The van der Waals surface area contributed by atoms with E-state index >= 15 is 0 Å². The second-order valence-corrected chi connectivity index (χ2v) is 7.32. The first-order valence-corrected chi connectivity index (χ1v) is 10.1. The van der Waals surface area contributed by atoms with Gasteiger partial charge in [-0.25, -0.2) is 9.59 Å². The molecular formula is C23H23N3O6. The lowest BCUT2D eigenvalue weighted by Gasteiger charge is -2.32. The number of rotatable bonds is 6. The summed E-state index contributed by atoms with van der Waals surface area (Å²) in [6.45, 7) is 0.838. The number of hydrogen-bond donors (Lipinski definition) is 0. The fourth-order valence-corrected chi connectivity index (χ4v) is 3.94. The molecule has 166 valence electrons. The second-order valence-electron chi connectivity index (χ2n) is 7.32. The van der Waals surface area contributed by atoms with Gasteiger partial charge >= 0.3 is 11.9 Å². The van der Waals surface area contributed by atoms with Crippen LogP contribution in [0.4, 0.5) is 5.69 Å². The summed E-state index contributed by atoms with van der Waals surface area (Å²) >= 11 is 0. The van der Waals surface area contributed by atoms with Gasteiger partial charge in [0.15, 0.2) is 0 Å². The molecule has 9 heteroatoms. The average molecular weight is 437 g/mol. The Kier molecular flexibility index (Phi) is 6.18. The molecule has 9 nitrogen and oxygen atoms in total. The van der Waals surface area contributed by atoms with E-state index in [4.69, 9.17) is 14.2 Å². The topological polar surface area (TPSA) is 98.3 Å². The minimum atomic E-state index is -0.678. The third-order valence-corrected chi connectivity index (χ3v) is 5.51. The van der Waals surface area contributed by atoms with Crippen LogP contribution in [0.2, 0.25) is 0 Å². The zero-order chi connectivity index (χ0) is 22.7. The van der Waals surface area contributed by atoms with Gasteiger partial charge in [-0.1, -0.05) is 12.1 Å². The highest BCUT2D eigenvalue weighted by Gasteiger charge is 2.36. The molecule has 0 spiro atoms. The molecule has 0 aliphatic carbocycles. The fourth-order valence-electron chi connectivity index (χ4n) is 3.94. The summed E-state index contributed by atoms with van der Waals surface area (Å²) in [5.41, 5.74) is 2.95. The van der Waals surface area contributed by atoms with Crippen LogP contribution in [-0.2, 0) is 36.8 Å². The number of fused-ring (bicyclic) bond motifs is 1. The maximum Gasteiger partial charge on any atom is 0.355 e. The SMILES string of the molecule is COC(=O)C1=C(C(=O)OC)N(c2cccc3c2CN(CCc2ccccn2)C3=O)COC1. The molecule has 2 aliphatic rings. The molecule has 0 bridgehead atoms. The van der Waals surface area contributed by atoms with Gasteiger partial charge in [-0.3, -0.25) is 9.78 Å². The largest absolute Gasteiger partial charge is 0.466 e. The summed E-state index contributed by atoms with van der Waals surface area (Å²) in [6, 6.07) is 11.0. The molecule has 0 radical (unpaired) electrons. The van der Waals surface area contributed by atoms with Gasteiger partial charge in [0.05, 0.1) is 26.4 Å². The molecule has 3 heterocycles. The molecule has 0 saturated carbocycles. The average Bonchev–Trinajstić information content (AvgIpc) is 3.17. The van der Waals surface area contributed by atoms with E-state index in [9.17, 15) is 14.4 Å². The first-order chi connectivity index (χ1) is 15.5. The number of esters is 2. The van der Waals surface area contributed by atoms with Crippen LogP contribution in [0.25, 0.3) is 0 Å². The standard InChI is InChI=1S/C23H23N3O6/c1-30-22(28)18-13-32-14-26(20(18)23(29)31-2)19-8-5-7-16-17(19)12-25(21(16)27)11-9-15-6-3-4-10-24-15/h3-8,10H,9,11-14H2,1-2H3. The lowest BCUT2D eigenvalue weighted by atomic mass is 10.1. The number of carbonyl (C=O) groups is 3. The summed E-state index contributed by atoms with van der Waals surface area (Å²) in [5.74, 6) is -1.44.